The Kier molecular flexibility index (Phi) is 13.1. The molecule has 166 valence electrons. The third-order valence-corrected chi connectivity index (χ3v) is 6.23. The summed E-state index contributed by atoms with van der Waals surface area (Å²) < 4.78 is 5.93. The molecule has 0 radical (unpaired) electrons. The topological polar surface area (TPSA) is 15.7 Å². The Balaban J connectivity index is 1.43. The standard InChI is InChI=1S/C26H46N2O/c1-3-4-5-6-7-8-9-10-11-12-24-29-26-17-15-25(16-18-26)14-13-19-28-22-20-27(2)21-23-28/h15-18H,3-14,19-24H2,1-2H3. The van der Waals surface area contributed by atoms with Gasteiger partial charge in [-0.15, -0.1) is 0 Å². The van der Waals surface area contributed by atoms with Gasteiger partial charge in [0.2, 0.25) is 0 Å². The minimum Gasteiger partial charge on any atom is -0.494 e. The van der Waals surface area contributed by atoms with Gasteiger partial charge in [-0.1, -0.05) is 76.8 Å². The van der Waals surface area contributed by atoms with E-state index in [2.05, 4.69) is 48.0 Å². The van der Waals surface area contributed by atoms with Crippen LogP contribution in [0, 0.1) is 0 Å². The highest BCUT2D eigenvalue weighted by Crippen LogP contribution is 2.15. The minimum atomic E-state index is 0.860. The number of aryl methyl sites for hydroxylation is 1. The van der Waals surface area contributed by atoms with Crippen molar-refractivity contribution in [3.8, 4) is 5.75 Å². The molecule has 0 bridgehead atoms. The molecule has 0 amide bonds. The number of rotatable bonds is 16. The predicted octanol–water partition coefficient (Wildman–Crippen LogP) is 6.17. The molecule has 0 atom stereocenters. The van der Waals surface area contributed by atoms with E-state index in [4.69, 9.17) is 4.74 Å². The second-order valence-corrected chi connectivity index (χ2v) is 8.92. The summed E-state index contributed by atoms with van der Waals surface area (Å²) in [7, 11) is 2.22. The normalized spacial score (nSPS) is 15.7. The highest BCUT2D eigenvalue weighted by Gasteiger charge is 2.12. The van der Waals surface area contributed by atoms with E-state index in [0.29, 0.717) is 0 Å². The number of nitrogens with zero attached hydrogens (tertiary/aromatic N) is 2. The van der Waals surface area contributed by atoms with E-state index in [0.717, 1.165) is 12.4 Å². The quantitative estimate of drug-likeness (QED) is 0.308. The summed E-state index contributed by atoms with van der Waals surface area (Å²) in [6.45, 7) is 9.25. The maximum Gasteiger partial charge on any atom is 0.119 e. The van der Waals surface area contributed by atoms with E-state index in [9.17, 15) is 0 Å². The van der Waals surface area contributed by atoms with Crippen LogP contribution in [0.5, 0.6) is 5.75 Å². The number of hydrogen-bond donors (Lipinski definition) is 0. The van der Waals surface area contributed by atoms with Gasteiger partial charge in [-0.05, 0) is 50.6 Å². The fourth-order valence-corrected chi connectivity index (χ4v) is 4.11. The van der Waals surface area contributed by atoms with Gasteiger partial charge < -0.3 is 14.5 Å². The highest BCUT2D eigenvalue weighted by atomic mass is 16.5. The van der Waals surface area contributed by atoms with Crippen molar-refractivity contribution in [3.63, 3.8) is 0 Å². The van der Waals surface area contributed by atoms with Gasteiger partial charge >= 0.3 is 0 Å². The Hall–Kier alpha value is -1.06. The van der Waals surface area contributed by atoms with Gasteiger partial charge in [0.15, 0.2) is 0 Å². The zero-order valence-corrected chi connectivity index (χ0v) is 19.3. The second kappa shape index (κ2) is 15.7. The average molecular weight is 403 g/mol. The fraction of sp³-hybridized carbons (Fsp3) is 0.769. The molecular weight excluding hydrogens is 356 g/mol. The highest BCUT2D eigenvalue weighted by molar-refractivity contribution is 5.27. The molecule has 1 fully saturated rings. The molecule has 1 aliphatic rings. The molecule has 0 saturated carbocycles. The van der Waals surface area contributed by atoms with E-state index < -0.39 is 0 Å². The molecule has 3 nitrogen and oxygen atoms in total. The molecule has 0 N–H and O–H groups in total. The van der Waals surface area contributed by atoms with Crippen molar-refractivity contribution in [1.82, 2.24) is 9.80 Å². The maximum atomic E-state index is 5.93. The van der Waals surface area contributed by atoms with Gasteiger partial charge in [0, 0.05) is 26.2 Å². The van der Waals surface area contributed by atoms with E-state index in [1.165, 1.54) is 115 Å². The first-order valence-corrected chi connectivity index (χ1v) is 12.4. The van der Waals surface area contributed by atoms with Crippen molar-refractivity contribution >= 4 is 0 Å². The van der Waals surface area contributed by atoms with Crippen LogP contribution in [0.1, 0.15) is 83.1 Å². The van der Waals surface area contributed by atoms with E-state index in [1.807, 2.05) is 0 Å². The van der Waals surface area contributed by atoms with E-state index >= 15 is 0 Å². The van der Waals surface area contributed by atoms with E-state index in [1.54, 1.807) is 0 Å². The van der Waals surface area contributed by atoms with Gasteiger partial charge in [-0.3, -0.25) is 0 Å². The molecule has 29 heavy (non-hydrogen) atoms. The zero-order valence-electron chi connectivity index (χ0n) is 19.3. The Morgan fingerprint density at radius 1 is 0.724 bits per heavy atom. The predicted molar refractivity (Wildman–Crippen MR) is 126 cm³/mol. The lowest BCUT2D eigenvalue weighted by Gasteiger charge is -2.32. The zero-order chi connectivity index (χ0) is 20.6. The summed E-state index contributed by atoms with van der Waals surface area (Å²) in [5, 5.41) is 0. The number of piperazine rings is 1. The maximum absolute atomic E-state index is 5.93. The number of unbranched alkanes of at least 4 members (excludes halogenated alkanes) is 9. The molecule has 0 aromatic heterocycles. The molecule has 1 aliphatic heterocycles. The van der Waals surface area contributed by atoms with Gasteiger partial charge in [-0.2, -0.15) is 0 Å². The largest absolute Gasteiger partial charge is 0.494 e. The van der Waals surface area contributed by atoms with Crippen molar-refractivity contribution in [2.75, 3.05) is 46.4 Å². The van der Waals surface area contributed by atoms with Crippen LogP contribution >= 0.6 is 0 Å². The summed E-state index contributed by atoms with van der Waals surface area (Å²) in [5.41, 5.74) is 1.44. The third kappa shape index (κ3) is 11.6. The Labute approximate surface area is 180 Å². The van der Waals surface area contributed by atoms with Crippen molar-refractivity contribution < 1.29 is 4.74 Å². The van der Waals surface area contributed by atoms with Gasteiger partial charge in [0.1, 0.15) is 5.75 Å². The molecule has 3 heteroatoms. The van der Waals surface area contributed by atoms with E-state index in [-0.39, 0.29) is 0 Å². The number of ether oxygens (including phenoxy) is 1. The molecule has 1 heterocycles. The lowest BCUT2D eigenvalue weighted by atomic mass is 10.1. The molecule has 1 aromatic carbocycles. The molecule has 2 rings (SSSR count). The lowest BCUT2D eigenvalue weighted by Crippen LogP contribution is -2.44. The minimum absolute atomic E-state index is 0.860. The molecule has 1 saturated heterocycles. The van der Waals surface area contributed by atoms with Gasteiger partial charge in [-0.25, -0.2) is 0 Å². The average Bonchev–Trinajstić information content (AvgIpc) is 2.74. The number of benzene rings is 1. The number of likely N-dealkylation sites (N-methyl/N-ethyl adjacent to an activating group) is 1. The monoisotopic (exact) mass is 402 g/mol. The van der Waals surface area contributed by atoms with Gasteiger partial charge in [0.05, 0.1) is 6.61 Å². The molecule has 1 aromatic rings. The van der Waals surface area contributed by atoms with Crippen LogP contribution in [0.3, 0.4) is 0 Å². The summed E-state index contributed by atoms with van der Waals surface area (Å²) in [4.78, 5) is 5.02. The van der Waals surface area contributed by atoms with Crippen LogP contribution in [0.2, 0.25) is 0 Å². The Morgan fingerprint density at radius 2 is 1.31 bits per heavy atom. The Morgan fingerprint density at radius 3 is 1.93 bits per heavy atom. The van der Waals surface area contributed by atoms with Crippen molar-refractivity contribution in [2.45, 2.75) is 84.0 Å². The number of hydrogen-bond acceptors (Lipinski definition) is 3. The molecule has 0 unspecified atom stereocenters. The smallest absolute Gasteiger partial charge is 0.119 e. The van der Waals surface area contributed by atoms with Crippen LogP contribution in [-0.4, -0.2) is 56.2 Å². The molecular formula is C26H46N2O. The van der Waals surface area contributed by atoms with Crippen molar-refractivity contribution in [1.29, 1.82) is 0 Å². The summed E-state index contributed by atoms with van der Waals surface area (Å²) in [6.07, 6.45) is 16.1. The third-order valence-electron chi connectivity index (χ3n) is 6.23. The first-order valence-electron chi connectivity index (χ1n) is 12.4. The van der Waals surface area contributed by atoms with Crippen LogP contribution in [0.25, 0.3) is 0 Å². The summed E-state index contributed by atoms with van der Waals surface area (Å²) in [6, 6.07) is 8.80. The first-order chi connectivity index (χ1) is 14.3. The van der Waals surface area contributed by atoms with Gasteiger partial charge in [0.25, 0.3) is 0 Å². The van der Waals surface area contributed by atoms with Crippen LogP contribution in [0.15, 0.2) is 24.3 Å². The second-order valence-electron chi connectivity index (χ2n) is 8.92. The lowest BCUT2D eigenvalue weighted by molar-refractivity contribution is 0.153. The SMILES string of the molecule is CCCCCCCCCCCCOc1ccc(CCCN2CCN(C)CC2)cc1. The fourth-order valence-electron chi connectivity index (χ4n) is 4.11. The van der Waals surface area contributed by atoms with Crippen LogP contribution < -0.4 is 4.74 Å². The first kappa shape index (κ1) is 24.2. The van der Waals surface area contributed by atoms with Crippen molar-refractivity contribution in [2.24, 2.45) is 0 Å². The van der Waals surface area contributed by atoms with Crippen LogP contribution in [-0.2, 0) is 6.42 Å². The summed E-state index contributed by atoms with van der Waals surface area (Å²) >= 11 is 0. The Bertz CT molecular complexity index is 494. The molecule has 0 spiro atoms. The van der Waals surface area contributed by atoms with Crippen molar-refractivity contribution in [3.05, 3.63) is 29.8 Å². The van der Waals surface area contributed by atoms with Crippen LogP contribution in [0.4, 0.5) is 0 Å². The molecule has 0 aliphatic carbocycles. The summed E-state index contributed by atoms with van der Waals surface area (Å²) in [5.74, 6) is 1.03.